The summed E-state index contributed by atoms with van der Waals surface area (Å²) >= 11 is 0. The minimum Gasteiger partial charge on any atom is -0.0651 e. The summed E-state index contributed by atoms with van der Waals surface area (Å²) in [5, 5.41) is 4.65. The van der Waals surface area contributed by atoms with Gasteiger partial charge in [-0.25, -0.2) is 0 Å². The number of hydrogen-bond acceptors (Lipinski definition) is 0. The molecule has 0 fully saturated rings. The number of rotatable bonds is 11. The highest BCUT2D eigenvalue weighted by Gasteiger charge is 2.24. The molecule has 0 bridgehead atoms. The topological polar surface area (TPSA) is 0 Å². The van der Waals surface area contributed by atoms with Crippen LogP contribution in [0.5, 0.6) is 0 Å². The van der Waals surface area contributed by atoms with Crippen molar-refractivity contribution in [3.05, 3.63) is 89.0 Å². The first-order chi connectivity index (χ1) is 15.2. The molecule has 0 aromatic heterocycles. The maximum absolute atomic E-state index is 2.44. The van der Waals surface area contributed by atoms with Gasteiger partial charge in [0.1, 0.15) is 0 Å². The van der Waals surface area contributed by atoms with Crippen molar-refractivity contribution in [2.75, 3.05) is 0 Å². The van der Waals surface area contributed by atoms with Crippen LogP contribution in [0.2, 0.25) is 0 Å². The van der Waals surface area contributed by atoms with E-state index in [4.69, 9.17) is 0 Å². The Kier molecular flexibility index (Phi) is 9.35. The average Bonchev–Trinajstić information content (AvgIpc) is 2.79. The first-order valence-corrected chi connectivity index (χ1v) is 13.7. The molecule has 0 saturated carbocycles. The summed E-state index contributed by atoms with van der Waals surface area (Å²) < 4.78 is 0. The second-order valence-electron chi connectivity index (χ2n) is 8.50. The van der Waals surface area contributed by atoms with E-state index in [-0.39, 0.29) is 0 Å². The number of benzene rings is 3. The molecule has 3 rings (SSSR count). The lowest BCUT2D eigenvalue weighted by atomic mass is 9.99. The Balaban J connectivity index is 2.28. The van der Waals surface area contributed by atoms with Crippen LogP contribution in [0, 0.1) is 0 Å². The van der Waals surface area contributed by atoms with E-state index in [0.29, 0.717) is 0 Å². The Morgan fingerprint density at radius 1 is 0.484 bits per heavy atom. The molecule has 0 N–H and O–H groups in total. The van der Waals surface area contributed by atoms with E-state index in [1.54, 1.807) is 32.9 Å². The van der Waals surface area contributed by atoms with Gasteiger partial charge in [0.15, 0.2) is 0 Å². The Hall–Kier alpha value is -1.91. The molecule has 0 spiro atoms. The molecule has 0 nitrogen and oxygen atoms in total. The molecule has 0 amide bonds. The van der Waals surface area contributed by atoms with Crippen LogP contribution < -0.4 is 15.9 Å². The first-order valence-electron chi connectivity index (χ1n) is 12.3. The van der Waals surface area contributed by atoms with Gasteiger partial charge in [-0.1, -0.05) is 120 Å². The van der Waals surface area contributed by atoms with E-state index < -0.39 is 7.92 Å². The minimum absolute atomic E-state index is 0.565. The number of aryl methyl sites for hydroxylation is 2. The average molecular weight is 431 g/mol. The second-order valence-corrected chi connectivity index (χ2v) is 10.7. The summed E-state index contributed by atoms with van der Waals surface area (Å²) in [6.07, 6.45) is 9.52. The van der Waals surface area contributed by atoms with Crippen molar-refractivity contribution < 1.29 is 0 Å². The van der Waals surface area contributed by atoms with Crippen molar-refractivity contribution in [2.24, 2.45) is 0 Å². The van der Waals surface area contributed by atoms with Crippen LogP contribution >= 0.6 is 7.92 Å². The van der Waals surface area contributed by atoms with Gasteiger partial charge in [-0.05, 0) is 71.8 Å². The van der Waals surface area contributed by atoms with E-state index in [9.17, 15) is 0 Å². The maximum Gasteiger partial charge on any atom is -0.0116 e. The van der Waals surface area contributed by atoms with Crippen molar-refractivity contribution in [2.45, 2.75) is 79.1 Å². The van der Waals surface area contributed by atoms with Gasteiger partial charge < -0.3 is 0 Å². The summed E-state index contributed by atoms with van der Waals surface area (Å²) in [4.78, 5) is 0. The lowest BCUT2D eigenvalue weighted by molar-refractivity contribution is 0.865. The van der Waals surface area contributed by atoms with Gasteiger partial charge >= 0.3 is 0 Å². The molecule has 0 aliphatic heterocycles. The van der Waals surface area contributed by atoms with Gasteiger partial charge in [0, 0.05) is 0 Å². The first kappa shape index (κ1) is 23.7. The molecule has 0 aliphatic carbocycles. The zero-order valence-corrected chi connectivity index (χ0v) is 20.8. The summed E-state index contributed by atoms with van der Waals surface area (Å²) in [5.41, 5.74) is 6.36. The summed E-state index contributed by atoms with van der Waals surface area (Å²) in [5.74, 6) is 0. The third-order valence-corrected chi connectivity index (χ3v) is 8.65. The fourth-order valence-corrected chi connectivity index (χ4v) is 7.54. The SMILES string of the molecule is CCCc1cccc(P(c2ccccc2)c2cccc(CCC)c2CCC)c1CCC. The maximum atomic E-state index is 2.44. The summed E-state index contributed by atoms with van der Waals surface area (Å²) in [6.45, 7) is 9.25. The predicted molar refractivity (Wildman–Crippen MR) is 141 cm³/mol. The highest BCUT2D eigenvalue weighted by Crippen LogP contribution is 2.38. The monoisotopic (exact) mass is 430 g/mol. The Bertz CT molecular complexity index is 882. The number of hydrogen-bond donors (Lipinski definition) is 0. The lowest BCUT2D eigenvalue weighted by Crippen LogP contribution is -2.27. The van der Waals surface area contributed by atoms with E-state index >= 15 is 0 Å². The molecule has 0 radical (unpaired) electrons. The Morgan fingerprint density at radius 2 is 0.935 bits per heavy atom. The van der Waals surface area contributed by atoms with Crippen molar-refractivity contribution >= 4 is 23.8 Å². The van der Waals surface area contributed by atoms with Gasteiger partial charge in [0.05, 0.1) is 0 Å². The van der Waals surface area contributed by atoms with Crippen LogP contribution in [0.15, 0.2) is 66.7 Å². The second kappa shape index (κ2) is 12.2. The molecular weight excluding hydrogens is 391 g/mol. The van der Waals surface area contributed by atoms with Gasteiger partial charge in [-0.15, -0.1) is 0 Å². The molecule has 31 heavy (non-hydrogen) atoms. The van der Waals surface area contributed by atoms with E-state index in [2.05, 4.69) is 94.4 Å². The molecule has 3 aromatic rings. The smallest absolute Gasteiger partial charge is 0.0116 e. The van der Waals surface area contributed by atoms with Crippen LogP contribution in [-0.4, -0.2) is 0 Å². The third-order valence-electron chi connectivity index (χ3n) is 6.03. The molecular formula is C30H39P. The van der Waals surface area contributed by atoms with Crippen molar-refractivity contribution in [1.29, 1.82) is 0 Å². The minimum atomic E-state index is -0.565. The Labute approximate surface area is 191 Å². The third kappa shape index (κ3) is 5.67. The van der Waals surface area contributed by atoms with E-state index in [1.807, 2.05) is 0 Å². The highest BCUT2D eigenvalue weighted by atomic mass is 31.1. The predicted octanol–water partition coefficient (Wildman–Crippen LogP) is 7.25. The molecule has 0 heterocycles. The van der Waals surface area contributed by atoms with Crippen LogP contribution in [-0.2, 0) is 25.7 Å². The molecule has 1 heteroatoms. The van der Waals surface area contributed by atoms with Gasteiger partial charge in [-0.3, -0.25) is 0 Å². The lowest BCUT2D eigenvalue weighted by Gasteiger charge is -2.27. The van der Waals surface area contributed by atoms with Crippen LogP contribution in [0.25, 0.3) is 0 Å². The van der Waals surface area contributed by atoms with Crippen molar-refractivity contribution in [3.8, 4) is 0 Å². The van der Waals surface area contributed by atoms with Crippen LogP contribution in [0.4, 0.5) is 0 Å². The zero-order valence-electron chi connectivity index (χ0n) is 20.0. The van der Waals surface area contributed by atoms with E-state index in [1.165, 1.54) is 56.7 Å². The largest absolute Gasteiger partial charge is 0.0651 e. The zero-order chi connectivity index (χ0) is 22.1. The van der Waals surface area contributed by atoms with Gasteiger partial charge in [0.25, 0.3) is 0 Å². The molecule has 164 valence electrons. The van der Waals surface area contributed by atoms with Crippen molar-refractivity contribution in [3.63, 3.8) is 0 Å². The Morgan fingerprint density at radius 3 is 1.35 bits per heavy atom. The fraction of sp³-hybridized carbons (Fsp3) is 0.400. The standard InChI is InChI=1S/C30H39P/c1-5-14-24-18-12-22-29(27(24)16-7-3)31(26-20-10-9-11-21-26)30-23-13-19-25(15-6-2)28(30)17-8-4/h9-13,18-23H,5-8,14-17H2,1-4H3. The molecule has 3 aromatic carbocycles. The highest BCUT2D eigenvalue weighted by molar-refractivity contribution is 7.80. The quantitative estimate of drug-likeness (QED) is 0.281. The van der Waals surface area contributed by atoms with Gasteiger partial charge in [0.2, 0.25) is 0 Å². The molecule has 0 unspecified atom stereocenters. The molecule has 0 atom stereocenters. The summed E-state index contributed by atoms with van der Waals surface area (Å²) in [6, 6.07) is 25.5. The fourth-order valence-electron chi connectivity index (χ4n) is 4.73. The molecule has 0 saturated heterocycles. The van der Waals surface area contributed by atoms with Gasteiger partial charge in [-0.2, -0.15) is 0 Å². The normalized spacial score (nSPS) is 11.3. The van der Waals surface area contributed by atoms with Crippen LogP contribution in [0.3, 0.4) is 0 Å². The summed E-state index contributed by atoms with van der Waals surface area (Å²) in [7, 11) is -0.565. The van der Waals surface area contributed by atoms with E-state index in [0.717, 1.165) is 0 Å². The van der Waals surface area contributed by atoms with Crippen molar-refractivity contribution in [1.82, 2.24) is 0 Å². The van der Waals surface area contributed by atoms with Crippen LogP contribution in [0.1, 0.15) is 75.6 Å². The molecule has 0 aliphatic rings.